The molecule has 20 heavy (non-hydrogen) atoms. The average Bonchev–Trinajstić information content (AvgIpc) is 2.47. The molecule has 0 aliphatic heterocycles. The Bertz CT molecular complexity index is 809. The highest BCUT2D eigenvalue weighted by atomic mass is 16.4. The van der Waals surface area contributed by atoms with Crippen LogP contribution in [-0.4, -0.2) is 16.1 Å². The minimum atomic E-state index is -0.912. The summed E-state index contributed by atoms with van der Waals surface area (Å²) in [6.45, 7) is 1.98. The Balaban J connectivity index is 2.19. The number of carbonyl (C=O) groups is 1. The van der Waals surface area contributed by atoms with Crippen molar-refractivity contribution < 1.29 is 9.90 Å². The van der Waals surface area contributed by atoms with Gasteiger partial charge in [-0.25, -0.2) is 4.79 Å². The molecule has 1 aromatic heterocycles. The molecule has 0 saturated heterocycles. The van der Waals surface area contributed by atoms with E-state index in [-0.39, 0.29) is 0 Å². The Hall–Kier alpha value is -2.68. The highest BCUT2D eigenvalue weighted by molar-refractivity contribution is 5.91. The lowest BCUT2D eigenvalue weighted by Crippen LogP contribution is -1.97. The Labute approximate surface area is 116 Å². The molecule has 3 heteroatoms. The van der Waals surface area contributed by atoms with E-state index in [1.54, 1.807) is 18.3 Å². The van der Waals surface area contributed by atoms with E-state index in [2.05, 4.69) is 4.98 Å². The number of hydrogen-bond acceptors (Lipinski definition) is 2. The Morgan fingerprint density at radius 1 is 1.10 bits per heavy atom. The number of aryl methyl sites for hydroxylation is 1. The molecule has 2 aromatic carbocycles. The van der Waals surface area contributed by atoms with Crippen LogP contribution in [0.4, 0.5) is 0 Å². The Kier molecular flexibility index (Phi) is 2.95. The van der Waals surface area contributed by atoms with Crippen LogP contribution >= 0.6 is 0 Å². The van der Waals surface area contributed by atoms with Crippen LogP contribution in [0.15, 0.2) is 54.7 Å². The van der Waals surface area contributed by atoms with Gasteiger partial charge in [0.1, 0.15) is 0 Å². The fraction of sp³-hybridized carbons (Fsp3) is 0.0588. The zero-order chi connectivity index (χ0) is 14.1. The first-order valence-electron chi connectivity index (χ1n) is 6.34. The van der Waals surface area contributed by atoms with Crippen molar-refractivity contribution in [3.8, 4) is 11.1 Å². The van der Waals surface area contributed by atoms with Crippen molar-refractivity contribution in [3.05, 3.63) is 65.9 Å². The van der Waals surface area contributed by atoms with Gasteiger partial charge in [-0.05, 0) is 47.9 Å². The maximum Gasteiger partial charge on any atom is 0.335 e. The van der Waals surface area contributed by atoms with Crippen molar-refractivity contribution in [1.82, 2.24) is 4.98 Å². The summed E-state index contributed by atoms with van der Waals surface area (Å²) < 4.78 is 0. The number of aromatic nitrogens is 1. The predicted molar refractivity (Wildman–Crippen MR) is 78.9 cm³/mol. The number of hydrogen-bond donors (Lipinski definition) is 1. The second-order valence-corrected chi connectivity index (χ2v) is 4.75. The van der Waals surface area contributed by atoms with Gasteiger partial charge < -0.3 is 5.11 Å². The first-order chi connectivity index (χ1) is 9.65. The first kappa shape index (κ1) is 12.4. The third kappa shape index (κ3) is 2.14. The van der Waals surface area contributed by atoms with Crippen LogP contribution in [0, 0.1) is 6.92 Å². The minimum Gasteiger partial charge on any atom is -0.478 e. The van der Waals surface area contributed by atoms with Crippen molar-refractivity contribution >= 4 is 16.9 Å². The molecule has 0 saturated carbocycles. The number of benzene rings is 2. The zero-order valence-electron chi connectivity index (χ0n) is 11.0. The lowest BCUT2D eigenvalue weighted by Gasteiger charge is -2.08. The Morgan fingerprint density at radius 3 is 2.75 bits per heavy atom. The summed E-state index contributed by atoms with van der Waals surface area (Å²) in [5.74, 6) is -0.912. The summed E-state index contributed by atoms with van der Waals surface area (Å²) in [6, 6.07) is 15.1. The van der Waals surface area contributed by atoms with E-state index in [1.165, 1.54) is 0 Å². The molecule has 0 unspecified atom stereocenters. The molecule has 0 radical (unpaired) electrons. The topological polar surface area (TPSA) is 50.2 Å². The highest BCUT2D eigenvalue weighted by Crippen LogP contribution is 2.27. The molecular weight excluding hydrogens is 250 g/mol. The second kappa shape index (κ2) is 4.78. The quantitative estimate of drug-likeness (QED) is 0.762. The van der Waals surface area contributed by atoms with Crippen LogP contribution in [0.5, 0.6) is 0 Å². The molecule has 98 valence electrons. The summed E-state index contributed by atoms with van der Waals surface area (Å²) in [7, 11) is 0. The maximum atomic E-state index is 11.1. The lowest BCUT2D eigenvalue weighted by atomic mass is 9.97. The van der Waals surface area contributed by atoms with Gasteiger partial charge in [0.15, 0.2) is 0 Å². The highest BCUT2D eigenvalue weighted by Gasteiger charge is 2.08. The van der Waals surface area contributed by atoms with E-state index in [0.717, 1.165) is 27.6 Å². The van der Waals surface area contributed by atoms with Crippen molar-refractivity contribution in [2.24, 2.45) is 0 Å². The van der Waals surface area contributed by atoms with Crippen LogP contribution in [0.25, 0.3) is 22.0 Å². The smallest absolute Gasteiger partial charge is 0.335 e. The average molecular weight is 263 g/mol. The summed E-state index contributed by atoms with van der Waals surface area (Å²) in [4.78, 5) is 15.4. The number of fused-ring (bicyclic) bond motifs is 1. The fourth-order valence-corrected chi connectivity index (χ4v) is 2.30. The SMILES string of the molecule is Cc1ccc(C(=O)O)cc1-c1ccc2cccnc2c1. The number of nitrogens with zero attached hydrogens (tertiary/aromatic N) is 1. The number of aromatic carboxylic acids is 1. The number of carboxylic acid groups (broad SMARTS) is 1. The minimum absolute atomic E-state index is 0.298. The zero-order valence-corrected chi connectivity index (χ0v) is 11.0. The van der Waals surface area contributed by atoms with Gasteiger partial charge in [-0.2, -0.15) is 0 Å². The van der Waals surface area contributed by atoms with Gasteiger partial charge in [0.25, 0.3) is 0 Å². The molecule has 0 amide bonds. The third-order valence-corrected chi connectivity index (χ3v) is 3.40. The standard InChI is InChI=1S/C17H13NO2/c1-11-4-5-14(17(19)20)9-15(11)13-7-6-12-3-2-8-18-16(12)10-13/h2-10H,1H3,(H,19,20). The monoisotopic (exact) mass is 263 g/mol. The van der Waals surface area contributed by atoms with Gasteiger partial charge in [-0.15, -0.1) is 0 Å². The normalized spacial score (nSPS) is 10.7. The van der Waals surface area contributed by atoms with Gasteiger partial charge in [0.05, 0.1) is 11.1 Å². The third-order valence-electron chi connectivity index (χ3n) is 3.40. The lowest BCUT2D eigenvalue weighted by molar-refractivity contribution is 0.0697. The van der Waals surface area contributed by atoms with Crippen molar-refractivity contribution in [2.45, 2.75) is 6.92 Å². The van der Waals surface area contributed by atoms with E-state index in [0.29, 0.717) is 5.56 Å². The van der Waals surface area contributed by atoms with E-state index in [1.807, 2.05) is 43.3 Å². The molecule has 3 aromatic rings. The largest absolute Gasteiger partial charge is 0.478 e. The van der Waals surface area contributed by atoms with Crippen molar-refractivity contribution in [1.29, 1.82) is 0 Å². The summed E-state index contributed by atoms with van der Waals surface area (Å²) >= 11 is 0. The van der Waals surface area contributed by atoms with Gasteiger partial charge in [-0.3, -0.25) is 4.98 Å². The van der Waals surface area contributed by atoms with Crippen LogP contribution in [0.2, 0.25) is 0 Å². The number of rotatable bonds is 2. The summed E-state index contributed by atoms with van der Waals surface area (Å²) in [5, 5.41) is 10.2. The van der Waals surface area contributed by atoms with Crippen LogP contribution in [0.3, 0.4) is 0 Å². The molecule has 3 rings (SSSR count). The molecule has 3 nitrogen and oxygen atoms in total. The van der Waals surface area contributed by atoms with Crippen LogP contribution in [0.1, 0.15) is 15.9 Å². The number of carboxylic acids is 1. The number of pyridine rings is 1. The Morgan fingerprint density at radius 2 is 1.95 bits per heavy atom. The predicted octanol–water partition coefficient (Wildman–Crippen LogP) is 3.91. The van der Waals surface area contributed by atoms with E-state index in [4.69, 9.17) is 5.11 Å². The molecule has 0 bridgehead atoms. The van der Waals surface area contributed by atoms with Gasteiger partial charge >= 0.3 is 5.97 Å². The molecule has 0 spiro atoms. The summed E-state index contributed by atoms with van der Waals surface area (Å²) in [5.41, 5.74) is 4.16. The first-order valence-corrected chi connectivity index (χ1v) is 6.34. The van der Waals surface area contributed by atoms with Crippen LogP contribution < -0.4 is 0 Å². The second-order valence-electron chi connectivity index (χ2n) is 4.75. The van der Waals surface area contributed by atoms with Crippen molar-refractivity contribution in [3.63, 3.8) is 0 Å². The van der Waals surface area contributed by atoms with Gasteiger partial charge in [0.2, 0.25) is 0 Å². The van der Waals surface area contributed by atoms with E-state index < -0.39 is 5.97 Å². The molecule has 0 atom stereocenters. The van der Waals surface area contributed by atoms with Gasteiger partial charge in [-0.1, -0.05) is 24.3 Å². The summed E-state index contributed by atoms with van der Waals surface area (Å²) in [6.07, 6.45) is 1.76. The fourth-order valence-electron chi connectivity index (χ4n) is 2.30. The molecule has 0 aliphatic carbocycles. The molecular formula is C17H13NO2. The maximum absolute atomic E-state index is 11.1. The van der Waals surface area contributed by atoms with Crippen LogP contribution in [-0.2, 0) is 0 Å². The van der Waals surface area contributed by atoms with E-state index >= 15 is 0 Å². The molecule has 1 N–H and O–H groups in total. The van der Waals surface area contributed by atoms with Gasteiger partial charge in [0, 0.05) is 11.6 Å². The van der Waals surface area contributed by atoms with E-state index in [9.17, 15) is 4.79 Å². The molecule has 1 heterocycles. The van der Waals surface area contributed by atoms with Crippen molar-refractivity contribution in [2.75, 3.05) is 0 Å². The molecule has 0 fully saturated rings. The molecule has 0 aliphatic rings.